The first-order chi connectivity index (χ1) is 9.47. The molecule has 0 bridgehead atoms. The van der Waals surface area contributed by atoms with Crippen LogP contribution in [0.15, 0.2) is 46.6 Å². The van der Waals surface area contributed by atoms with E-state index < -0.39 is 0 Å². The number of benzene rings is 1. The van der Waals surface area contributed by atoms with Gasteiger partial charge in [0.05, 0.1) is 4.92 Å². The van der Waals surface area contributed by atoms with Gasteiger partial charge in [-0.25, -0.2) is 0 Å². The second kappa shape index (κ2) is 6.33. The molecule has 0 amide bonds. The predicted molar refractivity (Wildman–Crippen MR) is 87.3 cm³/mol. The van der Waals surface area contributed by atoms with Crippen LogP contribution in [0.4, 0.5) is 0 Å². The zero-order valence-corrected chi connectivity index (χ0v) is 13.6. The predicted octanol–water partition coefficient (Wildman–Crippen LogP) is 5.45. The summed E-state index contributed by atoms with van der Waals surface area (Å²) >= 11 is 5.00. The number of allylic oxidation sites excluding steroid dienone is 1. The van der Waals surface area contributed by atoms with E-state index in [2.05, 4.69) is 15.9 Å². The lowest BCUT2D eigenvalue weighted by Gasteiger charge is -2.00. The quantitative estimate of drug-likeness (QED) is 0.542. The zero-order valence-electron chi connectivity index (χ0n) is 11.2. The molecular formula is C15H14BrNO2S. The topological polar surface area (TPSA) is 43.1 Å². The van der Waals surface area contributed by atoms with Crippen LogP contribution in [-0.2, 0) is 0 Å². The number of halogens is 1. The van der Waals surface area contributed by atoms with Crippen LogP contribution in [0.1, 0.15) is 18.7 Å². The highest BCUT2D eigenvalue weighted by Gasteiger charge is 2.16. The van der Waals surface area contributed by atoms with Crippen molar-refractivity contribution >= 4 is 33.3 Å². The van der Waals surface area contributed by atoms with Crippen molar-refractivity contribution in [2.24, 2.45) is 5.92 Å². The van der Waals surface area contributed by atoms with Crippen molar-refractivity contribution in [1.82, 2.24) is 0 Å². The van der Waals surface area contributed by atoms with Crippen molar-refractivity contribution in [3.8, 4) is 10.4 Å². The number of rotatable bonds is 4. The maximum absolute atomic E-state index is 11.0. The molecule has 0 unspecified atom stereocenters. The van der Waals surface area contributed by atoms with Gasteiger partial charge in [-0.05, 0) is 29.8 Å². The van der Waals surface area contributed by atoms with E-state index in [4.69, 9.17) is 0 Å². The third-order valence-corrected chi connectivity index (χ3v) is 4.40. The van der Waals surface area contributed by atoms with E-state index in [0.717, 1.165) is 19.8 Å². The van der Waals surface area contributed by atoms with Crippen molar-refractivity contribution in [2.45, 2.75) is 13.8 Å². The first-order valence-electron chi connectivity index (χ1n) is 6.19. The summed E-state index contributed by atoms with van der Waals surface area (Å²) in [6, 6.07) is 11.9. The van der Waals surface area contributed by atoms with Crippen LogP contribution in [0.2, 0.25) is 0 Å². The molecule has 0 fully saturated rings. The third kappa shape index (κ3) is 3.55. The minimum atomic E-state index is -0.302. The molecule has 0 aliphatic heterocycles. The molecule has 0 saturated heterocycles. The molecule has 0 saturated carbocycles. The van der Waals surface area contributed by atoms with E-state index in [1.165, 1.54) is 0 Å². The molecule has 0 aliphatic carbocycles. The number of nitrogens with zero attached hydrogens (tertiary/aromatic N) is 1. The minimum absolute atomic E-state index is 0.0959. The molecule has 5 heteroatoms. The van der Waals surface area contributed by atoms with Gasteiger partial charge in [0, 0.05) is 26.2 Å². The largest absolute Gasteiger partial charge is 0.259 e. The fourth-order valence-corrected chi connectivity index (χ4v) is 3.15. The lowest BCUT2D eigenvalue weighted by Crippen LogP contribution is -2.04. The van der Waals surface area contributed by atoms with E-state index >= 15 is 0 Å². The molecule has 2 aromatic rings. The SMILES string of the molecule is CC(C)/C(=C/c1ccc(-c2cccc(Br)c2)s1)[N+](=O)[O-]. The van der Waals surface area contributed by atoms with E-state index in [-0.39, 0.29) is 16.5 Å². The van der Waals surface area contributed by atoms with Gasteiger partial charge in [-0.15, -0.1) is 11.3 Å². The molecule has 1 aromatic heterocycles. The monoisotopic (exact) mass is 351 g/mol. The van der Waals surface area contributed by atoms with Crippen molar-refractivity contribution in [2.75, 3.05) is 0 Å². The number of hydrogen-bond acceptors (Lipinski definition) is 3. The number of nitro groups is 1. The maximum Gasteiger partial charge on any atom is 0.250 e. The van der Waals surface area contributed by atoms with Crippen LogP contribution in [0.5, 0.6) is 0 Å². The van der Waals surface area contributed by atoms with E-state index in [0.29, 0.717) is 0 Å². The van der Waals surface area contributed by atoms with Crippen LogP contribution in [0.25, 0.3) is 16.5 Å². The summed E-state index contributed by atoms with van der Waals surface area (Å²) < 4.78 is 1.02. The fourth-order valence-electron chi connectivity index (χ4n) is 1.80. The molecule has 0 spiro atoms. The Kier molecular flexibility index (Phi) is 4.73. The smallest absolute Gasteiger partial charge is 0.250 e. The third-order valence-electron chi connectivity index (χ3n) is 2.83. The molecule has 1 heterocycles. The fraction of sp³-hybridized carbons (Fsp3) is 0.200. The van der Waals surface area contributed by atoms with Crippen LogP contribution in [0.3, 0.4) is 0 Å². The Morgan fingerprint density at radius 2 is 2.10 bits per heavy atom. The van der Waals surface area contributed by atoms with Crippen molar-refractivity contribution in [1.29, 1.82) is 0 Å². The summed E-state index contributed by atoms with van der Waals surface area (Å²) in [6.07, 6.45) is 1.66. The highest BCUT2D eigenvalue weighted by Crippen LogP contribution is 2.31. The first kappa shape index (κ1) is 14.9. The molecule has 2 rings (SSSR count). The van der Waals surface area contributed by atoms with Gasteiger partial charge in [-0.1, -0.05) is 41.9 Å². The Hall–Kier alpha value is -1.46. The normalized spacial score (nSPS) is 11.9. The van der Waals surface area contributed by atoms with Gasteiger partial charge in [-0.2, -0.15) is 0 Å². The second-order valence-corrected chi connectivity index (χ2v) is 6.72. The Bertz CT molecular complexity index is 661. The van der Waals surface area contributed by atoms with Gasteiger partial charge in [0.2, 0.25) is 5.70 Å². The van der Waals surface area contributed by atoms with Crippen molar-refractivity contribution in [3.63, 3.8) is 0 Å². The van der Waals surface area contributed by atoms with Gasteiger partial charge in [-0.3, -0.25) is 10.1 Å². The van der Waals surface area contributed by atoms with E-state index in [1.807, 2.05) is 50.2 Å². The van der Waals surface area contributed by atoms with Crippen LogP contribution in [-0.4, -0.2) is 4.92 Å². The Morgan fingerprint density at radius 1 is 1.35 bits per heavy atom. The highest BCUT2D eigenvalue weighted by molar-refractivity contribution is 9.10. The molecule has 3 nitrogen and oxygen atoms in total. The van der Waals surface area contributed by atoms with E-state index in [1.54, 1.807) is 17.4 Å². The molecule has 0 atom stereocenters. The summed E-state index contributed by atoms with van der Waals surface area (Å²) in [5, 5.41) is 11.0. The summed E-state index contributed by atoms with van der Waals surface area (Å²) in [6.45, 7) is 3.66. The number of hydrogen-bond donors (Lipinski definition) is 0. The average Bonchev–Trinajstić information content (AvgIpc) is 2.83. The number of thiophene rings is 1. The van der Waals surface area contributed by atoms with Gasteiger partial charge >= 0.3 is 0 Å². The van der Waals surface area contributed by atoms with Gasteiger partial charge in [0.25, 0.3) is 0 Å². The highest BCUT2D eigenvalue weighted by atomic mass is 79.9. The zero-order chi connectivity index (χ0) is 14.7. The Balaban J connectivity index is 2.34. The van der Waals surface area contributed by atoms with E-state index in [9.17, 15) is 10.1 Å². The average molecular weight is 352 g/mol. The molecule has 0 aliphatic rings. The second-order valence-electron chi connectivity index (χ2n) is 4.69. The molecule has 0 radical (unpaired) electrons. The maximum atomic E-state index is 11.0. The van der Waals surface area contributed by atoms with Crippen molar-refractivity contribution in [3.05, 3.63) is 61.6 Å². The lowest BCUT2D eigenvalue weighted by molar-refractivity contribution is -0.431. The van der Waals surface area contributed by atoms with Crippen molar-refractivity contribution < 1.29 is 4.92 Å². The Labute approximate surface area is 130 Å². The minimum Gasteiger partial charge on any atom is -0.259 e. The molecule has 104 valence electrons. The van der Waals surface area contributed by atoms with Gasteiger partial charge in [0.15, 0.2) is 0 Å². The molecule has 1 aromatic carbocycles. The standard InChI is InChI=1S/C15H14BrNO2S/c1-10(2)14(17(18)19)9-13-6-7-15(20-13)11-4-3-5-12(16)8-11/h3-10H,1-2H3/b14-9-. The summed E-state index contributed by atoms with van der Waals surface area (Å²) in [4.78, 5) is 12.7. The molecule has 20 heavy (non-hydrogen) atoms. The van der Waals surface area contributed by atoms with Gasteiger partial charge < -0.3 is 0 Å². The van der Waals surface area contributed by atoms with Crippen LogP contribution in [0, 0.1) is 16.0 Å². The molecule has 0 N–H and O–H groups in total. The van der Waals surface area contributed by atoms with Crippen LogP contribution >= 0.6 is 27.3 Å². The first-order valence-corrected chi connectivity index (χ1v) is 7.80. The Morgan fingerprint density at radius 3 is 2.70 bits per heavy atom. The van der Waals surface area contributed by atoms with Gasteiger partial charge in [0.1, 0.15) is 0 Å². The summed E-state index contributed by atoms with van der Waals surface area (Å²) in [7, 11) is 0. The van der Waals surface area contributed by atoms with Crippen LogP contribution < -0.4 is 0 Å². The molecular weight excluding hydrogens is 338 g/mol. The lowest BCUT2D eigenvalue weighted by atomic mass is 10.1. The summed E-state index contributed by atoms with van der Waals surface area (Å²) in [5.41, 5.74) is 1.35. The summed E-state index contributed by atoms with van der Waals surface area (Å²) in [5.74, 6) is -0.0959.